The molecule has 6 heteroatoms. The average molecular weight is 227 g/mol. The lowest BCUT2D eigenvalue weighted by atomic mass is 10.3. The van der Waals surface area contributed by atoms with Crippen LogP contribution in [0.25, 0.3) is 0 Å². The van der Waals surface area contributed by atoms with E-state index >= 15 is 0 Å². The van der Waals surface area contributed by atoms with Crippen molar-refractivity contribution in [3.63, 3.8) is 0 Å². The van der Waals surface area contributed by atoms with Crippen molar-refractivity contribution in [3.8, 4) is 0 Å². The molecule has 0 unspecified atom stereocenters. The summed E-state index contributed by atoms with van der Waals surface area (Å²) in [5.74, 6) is -0.167. The Morgan fingerprint density at radius 2 is 2.33 bits per heavy atom. The number of thiazole rings is 1. The molecule has 1 rings (SSSR count). The third-order valence-corrected chi connectivity index (χ3v) is 2.72. The van der Waals surface area contributed by atoms with Gasteiger partial charge in [-0.15, -0.1) is 0 Å². The van der Waals surface area contributed by atoms with Gasteiger partial charge in [0, 0.05) is 13.3 Å². The van der Waals surface area contributed by atoms with Crippen LogP contribution in [0.1, 0.15) is 29.4 Å². The molecule has 0 radical (unpaired) electrons. The molecule has 0 aliphatic carbocycles. The van der Waals surface area contributed by atoms with Crippen LogP contribution in [0.3, 0.4) is 0 Å². The standard InChI is InChI=1S/C9H13N3O2S/c1-6(13)7-5-11-9(15-7)12-8(14)3-2-4-10/h5H,2-4,10H2,1H3,(H,11,12,14). The van der Waals surface area contributed by atoms with Crippen molar-refractivity contribution in [2.24, 2.45) is 5.73 Å². The van der Waals surface area contributed by atoms with Gasteiger partial charge in [0.2, 0.25) is 5.91 Å². The summed E-state index contributed by atoms with van der Waals surface area (Å²) in [6.07, 6.45) is 2.49. The van der Waals surface area contributed by atoms with E-state index in [0.717, 1.165) is 0 Å². The molecular formula is C9H13N3O2S. The van der Waals surface area contributed by atoms with Crippen molar-refractivity contribution in [1.29, 1.82) is 0 Å². The van der Waals surface area contributed by atoms with E-state index in [9.17, 15) is 9.59 Å². The molecule has 0 spiro atoms. The van der Waals surface area contributed by atoms with Crippen molar-refractivity contribution >= 4 is 28.2 Å². The van der Waals surface area contributed by atoms with Gasteiger partial charge in [0.05, 0.1) is 11.1 Å². The molecule has 0 fully saturated rings. The second-order valence-electron chi connectivity index (χ2n) is 3.03. The van der Waals surface area contributed by atoms with Crippen LogP contribution in [0.15, 0.2) is 6.20 Å². The van der Waals surface area contributed by atoms with Crippen LogP contribution < -0.4 is 11.1 Å². The molecule has 0 bridgehead atoms. The van der Waals surface area contributed by atoms with Crippen molar-refractivity contribution in [2.75, 3.05) is 11.9 Å². The highest BCUT2D eigenvalue weighted by molar-refractivity contribution is 7.17. The summed E-state index contributed by atoms with van der Waals surface area (Å²) in [5, 5.41) is 3.07. The first kappa shape index (κ1) is 11.8. The Labute approximate surface area is 91.7 Å². The third kappa shape index (κ3) is 3.77. The smallest absolute Gasteiger partial charge is 0.226 e. The molecule has 0 aromatic carbocycles. The van der Waals surface area contributed by atoms with Crippen molar-refractivity contribution in [2.45, 2.75) is 19.8 Å². The van der Waals surface area contributed by atoms with E-state index in [2.05, 4.69) is 10.3 Å². The zero-order valence-corrected chi connectivity index (χ0v) is 9.26. The minimum absolute atomic E-state index is 0.0463. The molecule has 1 amide bonds. The van der Waals surface area contributed by atoms with Gasteiger partial charge in [0.1, 0.15) is 0 Å². The molecule has 82 valence electrons. The number of nitrogens with one attached hydrogen (secondary N) is 1. The number of nitrogens with zero attached hydrogens (tertiary/aromatic N) is 1. The highest BCUT2D eigenvalue weighted by atomic mass is 32.1. The second-order valence-corrected chi connectivity index (χ2v) is 4.06. The third-order valence-electron chi connectivity index (χ3n) is 1.71. The van der Waals surface area contributed by atoms with Gasteiger partial charge in [0.25, 0.3) is 0 Å². The predicted molar refractivity (Wildman–Crippen MR) is 59.0 cm³/mol. The van der Waals surface area contributed by atoms with Gasteiger partial charge in [-0.05, 0) is 13.0 Å². The molecule has 1 aromatic heterocycles. The predicted octanol–water partition coefficient (Wildman–Crippen LogP) is 1.02. The molecule has 1 heterocycles. The molecule has 0 saturated carbocycles. The van der Waals surface area contributed by atoms with Crippen LogP contribution in [-0.4, -0.2) is 23.2 Å². The van der Waals surface area contributed by atoms with Gasteiger partial charge in [-0.2, -0.15) is 0 Å². The zero-order valence-electron chi connectivity index (χ0n) is 8.45. The first-order valence-electron chi connectivity index (χ1n) is 4.60. The number of Topliss-reactive ketones (excluding diaryl/α,β-unsaturated/α-hetero) is 1. The maximum Gasteiger partial charge on any atom is 0.226 e. The fourth-order valence-electron chi connectivity index (χ4n) is 0.939. The van der Waals surface area contributed by atoms with E-state index in [1.807, 2.05) is 0 Å². The zero-order chi connectivity index (χ0) is 11.3. The molecule has 0 aliphatic heterocycles. The SMILES string of the molecule is CC(=O)c1cnc(NC(=O)CCCN)s1. The largest absolute Gasteiger partial charge is 0.330 e. The summed E-state index contributed by atoms with van der Waals surface area (Å²) < 4.78 is 0. The summed E-state index contributed by atoms with van der Waals surface area (Å²) in [4.78, 5) is 26.7. The minimum Gasteiger partial charge on any atom is -0.330 e. The number of ketones is 1. The highest BCUT2D eigenvalue weighted by Crippen LogP contribution is 2.18. The van der Waals surface area contributed by atoms with E-state index < -0.39 is 0 Å². The topological polar surface area (TPSA) is 85.1 Å². The summed E-state index contributed by atoms with van der Waals surface area (Å²) in [6, 6.07) is 0. The van der Waals surface area contributed by atoms with E-state index in [1.165, 1.54) is 24.5 Å². The maximum atomic E-state index is 11.3. The quantitative estimate of drug-likeness (QED) is 0.735. The number of amides is 1. The second kappa shape index (κ2) is 5.57. The van der Waals surface area contributed by atoms with Crippen molar-refractivity contribution in [1.82, 2.24) is 4.98 Å². The summed E-state index contributed by atoms with van der Waals surface area (Å²) in [6.45, 7) is 1.96. The molecule has 1 aromatic rings. The number of hydrogen-bond donors (Lipinski definition) is 2. The molecule has 15 heavy (non-hydrogen) atoms. The van der Waals surface area contributed by atoms with Gasteiger partial charge in [-0.1, -0.05) is 11.3 Å². The Bertz CT molecular complexity index is 362. The lowest BCUT2D eigenvalue weighted by molar-refractivity contribution is -0.116. The lowest BCUT2D eigenvalue weighted by Crippen LogP contribution is -2.13. The Morgan fingerprint density at radius 1 is 1.60 bits per heavy atom. The molecule has 0 atom stereocenters. The fraction of sp³-hybridized carbons (Fsp3) is 0.444. The van der Waals surface area contributed by atoms with Crippen LogP contribution in [-0.2, 0) is 4.79 Å². The molecular weight excluding hydrogens is 214 g/mol. The summed E-state index contributed by atoms with van der Waals surface area (Å²) in [5.41, 5.74) is 5.28. The number of carbonyl (C=O) groups is 2. The first-order valence-corrected chi connectivity index (χ1v) is 5.42. The average Bonchev–Trinajstić information content (AvgIpc) is 2.63. The molecule has 5 nitrogen and oxygen atoms in total. The Morgan fingerprint density at radius 3 is 2.87 bits per heavy atom. The number of anilines is 1. The van der Waals surface area contributed by atoms with Crippen LogP contribution in [0.4, 0.5) is 5.13 Å². The highest BCUT2D eigenvalue weighted by Gasteiger charge is 2.08. The normalized spacial score (nSPS) is 10.0. The van der Waals surface area contributed by atoms with E-state index in [4.69, 9.17) is 5.73 Å². The van der Waals surface area contributed by atoms with Crippen molar-refractivity contribution in [3.05, 3.63) is 11.1 Å². The number of rotatable bonds is 5. The molecule has 0 saturated heterocycles. The number of hydrogen-bond acceptors (Lipinski definition) is 5. The van der Waals surface area contributed by atoms with Gasteiger partial charge in [0.15, 0.2) is 10.9 Å². The van der Waals surface area contributed by atoms with Crippen LogP contribution in [0.5, 0.6) is 0 Å². The van der Waals surface area contributed by atoms with Crippen LogP contribution in [0, 0.1) is 0 Å². The first-order chi connectivity index (χ1) is 7.13. The van der Waals surface area contributed by atoms with Gasteiger partial charge < -0.3 is 11.1 Å². The van der Waals surface area contributed by atoms with Crippen molar-refractivity contribution < 1.29 is 9.59 Å². The van der Waals surface area contributed by atoms with Gasteiger partial charge >= 0.3 is 0 Å². The van der Waals surface area contributed by atoms with Gasteiger partial charge in [-0.25, -0.2) is 4.98 Å². The molecule has 3 N–H and O–H groups in total. The number of carbonyl (C=O) groups excluding carboxylic acids is 2. The maximum absolute atomic E-state index is 11.3. The van der Waals surface area contributed by atoms with Gasteiger partial charge in [-0.3, -0.25) is 9.59 Å². The number of aromatic nitrogens is 1. The number of nitrogens with two attached hydrogens (primary N) is 1. The Kier molecular flexibility index (Phi) is 4.38. The van der Waals surface area contributed by atoms with E-state index in [1.54, 1.807) is 0 Å². The lowest BCUT2D eigenvalue weighted by Gasteiger charge is -1.98. The summed E-state index contributed by atoms with van der Waals surface area (Å²) >= 11 is 1.18. The van der Waals surface area contributed by atoms with Crippen LogP contribution >= 0.6 is 11.3 Å². The van der Waals surface area contributed by atoms with E-state index in [-0.39, 0.29) is 11.7 Å². The van der Waals surface area contributed by atoms with Crippen LogP contribution in [0.2, 0.25) is 0 Å². The molecule has 0 aliphatic rings. The Hall–Kier alpha value is -1.27. The fourth-order valence-corrected chi connectivity index (χ4v) is 1.67. The minimum atomic E-state index is -0.120. The van der Waals surface area contributed by atoms with E-state index in [0.29, 0.717) is 29.4 Å². The summed E-state index contributed by atoms with van der Waals surface area (Å²) in [7, 11) is 0. The Balaban J connectivity index is 2.50. The monoisotopic (exact) mass is 227 g/mol.